The highest BCUT2D eigenvalue weighted by molar-refractivity contribution is 7.92. The van der Waals surface area contributed by atoms with Crippen molar-refractivity contribution in [2.75, 3.05) is 30.1 Å². The number of carbonyl (C=O) groups is 1. The van der Waals surface area contributed by atoms with Gasteiger partial charge in [0.15, 0.2) is 0 Å². The summed E-state index contributed by atoms with van der Waals surface area (Å²) in [5.74, 6) is -0.328. The molecule has 10 heteroatoms. The highest BCUT2D eigenvalue weighted by Crippen LogP contribution is 2.30. The fraction of sp³-hybridized carbons (Fsp3) is 0.267. The van der Waals surface area contributed by atoms with Gasteiger partial charge in [0.25, 0.3) is 5.91 Å². The molecule has 1 aliphatic rings. The van der Waals surface area contributed by atoms with Crippen LogP contribution in [0.5, 0.6) is 0 Å². The molecule has 0 radical (unpaired) electrons. The molecule has 1 atom stereocenters. The third-order valence-corrected chi connectivity index (χ3v) is 8.44. The molecule has 0 aliphatic carbocycles. The minimum absolute atomic E-state index is 0.0511. The van der Waals surface area contributed by atoms with Crippen molar-refractivity contribution in [3.05, 3.63) is 107 Å². The monoisotopic (exact) mass is 559 g/mol. The van der Waals surface area contributed by atoms with Gasteiger partial charge in [-0.2, -0.15) is 0 Å². The van der Waals surface area contributed by atoms with Crippen LogP contribution in [0.25, 0.3) is 16.9 Å². The molecular formula is C30H33N5O4S. The van der Waals surface area contributed by atoms with Crippen LogP contribution in [0.4, 0.5) is 5.69 Å². The summed E-state index contributed by atoms with van der Waals surface area (Å²) in [6.07, 6.45) is 1.12. The summed E-state index contributed by atoms with van der Waals surface area (Å²) in [6.45, 7) is 3.55. The Balaban J connectivity index is 1.61. The van der Waals surface area contributed by atoms with Crippen LogP contribution in [0.2, 0.25) is 0 Å². The zero-order valence-electron chi connectivity index (χ0n) is 22.3. The number of nitrogens with one attached hydrogen (secondary N) is 3. The minimum atomic E-state index is -3.63. The van der Waals surface area contributed by atoms with Gasteiger partial charge < -0.3 is 15.2 Å². The summed E-state index contributed by atoms with van der Waals surface area (Å²) in [5.41, 5.74) is 2.40. The first kappa shape index (κ1) is 27.4. The molecule has 208 valence electrons. The number of anilines is 1. The summed E-state index contributed by atoms with van der Waals surface area (Å²) >= 11 is 0. The molecular weight excluding hydrogens is 526 g/mol. The molecule has 1 saturated heterocycles. The van der Waals surface area contributed by atoms with Crippen molar-refractivity contribution < 1.29 is 13.2 Å². The van der Waals surface area contributed by atoms with Crippen LogP contribution in [0.1, 0.15) is 29.4 Å². The Kier molecular flexibility index (Phi) is 8.18. The quantitative estimate of drug-likeness (QED) is 0.290. The summed E-state index contributed by atoms with van der Waals surface area (Å²) < 4.78 is 29.3. The van der Waals surface area contributed by atoms with Gasteiger partial charge in [-0.05, 0) is 30.5 Å². The SMILES string of the molecule is CCCS(=O)(=O)Nc1ccccc1-n1c(-c2ccccc2)c(C(=O)N2CCNCC2Cc2ccccc2)[nH]c1=O. The first-order valence-corrected chi connectivity index (χ1v) is 15.1. The Morgan fingerprint density at radius 3 is 2.38 bits per heavy atom. The molecule has 1 amide bonds. The Morgan fingerprint density at radius 1 is 0.975 bits per heavy atom. The van der Waals surface area contributed by atoms with E-state index in [1.807, 2.05) is 65.6 Å². The van der Waals surface area contributed by atoms with Gasteiger partial charge >= 0.3 is 5.69 Å². The number of hydrogen-bond donors (Lipinski definition) is 3. The van der Waals surface area contributed by atoms with Crippen molar-refractivity contribution in [2.45, 2.75) is 25.8 Å². The van der Waals surface area contributed by atoms with E-state index in [9.17, 15) is 18.0 Å². The smallest absolute Gasteiger partial charge is 0.331 e. The molecule has 0 spiro atoms. The van der Waals surface area contributed by atoms with Crippen molar-refractivity contribution in [1.29, 1.82) is 0 Å². The molecule has 1 fully saturated rings. The van der Waals surface area contributed by atoms with Gasteiger partial charge in [0.1, 0.15) is 5.69 Å². The zero-order valence-corrected chi connectivity index (χ0v) is 23.2. The maximum absolute atomic E-state index is 14.2. The second kappa shape index (κ2) is 11.9. The lowest BCUT2D eigenvalue weighted by Crippen LogP contribution is -2.54. The Morgan fingerprint density at radius 2 is 1.65 bits per heavy atom. The van der Waals surface area contributed by atoms with E-state index in [-0.39, 0.29) is 29.1 Å². The predicted octanol–water partition coefficient (Wildman–Crippen LogP) is 3.64. The summed E-state index contributed by atoms with van der Waals surface area (Å²) in [6, 6.07) is 25.8. The van der Waals surface area contributed by atoms with Gasteiger partial charge in [0.2, 0.25) is 10.0 Å². The molecule has 9 nitrogen and oxygen atoms in total. The van der Waals surface area contributed by atoms with Crippen LogP contribution in [0, 0.1) is 0 Å². The van der Waals surface area contributed by atoms with Gasteiger partial charge in [-0.15, -0.1) is 0 Å². The third kappa shape index (κ3) is 5.88. The predicted molar refractivity (Wildman–Crippen MR) is 157 cm³/mol. The van der Waals surface area contributed by atoms with E-state index in [0.29, 0.717) is 49.4 Å². The van der Waals surface area contributed by atoms with Gasteiger partial charge in [-0.25, -0.2) is 13.2 Å². The molecule has 5 rings (SSSR count). The van der Waals surface area contributed by atoms with E-state index < -0.39 is 15.7 Å². The molecule has 2 heterocycles. The summed E-state index contributed by atoms with van der Waals surface area (Å²) in [4.78, 5) is 32.4. The molecule has 40 heavy (non-hydrogen) atoms. The van der Waals surface area contributed by atoms with Gasteiger partial charge in [0, 0.05) is 31.2 Å². The number of rotatable bonds is 9. The van der Waals surface area contributed by atoms with Crippen molar-refractivity contribution in [1.82, 2.24) is 19.8 Å². The molecule has 1 unspecified atom stereocenters. The van der Waals surface area contributed by atoms with E-state index >= 15 is 0 Å². The Bertz CT molecular complexity index is 1630. The van der Waals surface area contributed by atoms with Gasteiger partial charge in [-0.3, -0.25) is 14.1 Å². The Labute approximate surface area is 233 Å². The number of aromatic amines is 1. The van der Waals surface area contributed by atoms with Crippen LogP contribution >= 0.6 is 0 Å². The number of hydrogen-bond acceptors (Lipinski definition) is 5. The minimum Gasteiger partial charge on any atom is -0.331 e. The van der Waals surface area contributed by atoms with Gasteiger partial charge in [0.05, 0.1) is 22.8 Å². The van der Waals surface area contributed by atoms with Crippen LogP contribution in [0.3, 0.4) is 0 Å². The highest BCUT2D eigenvalue weighted by atomic mass is 32.2. The molecule has 4 aromatic rings. The second-order valence-electron chi connectivity index (χ2n) is 9.84. The van der Waals surface area contributed by atoms with E-state index in [1.54, 1.807) is 31.2 Å². The first-order valence-electron chi connectivity index (χ1n) is 13.4. The number of amides is 1. The van der Waals surface area contributed by atoms with Crippen LogP contribution in [-0.4, -0.2) is 60.2 Å². The fourth-order valence-electron chi connectivity index (χ4n) is 5.17. The second-order valence-corrected chi connectivity index (χ2v) is 11.7. The fourth-order valence-corrected chi connectivity index (χ4v) is 6.32. The number of H-pyrrole nitrogens is 1. The maximum atomic E-state index is 14.2. The zero-order chi connectivity index (χ0) is 28.1. The van der Waals surface area contributed by atoms with Crippen molar-refractivity contribution in [2.24, 2.45) is 0 Å². The number of nitrogens with zero attached hydrogens (tertiary/aromatic N) is 2. The van der Waals surface area contributed by atoms with Crippen LogP contribution in [-0.2, 0) is 16.4 Å². The number of benzene rings is 3. The number of sulfonamides is 1. The Hall–Kier alpha value is -4.15. The molecule has 3 N–H and O–H groups in total. The largest absolute Gasteiger partial charge is 0.331 e. The topological polar surface area (TPSA) is 116 Å². The highest BCUT2D eigenvalue weighted by Gasteiger charge is 2.32. The molecule has 1 aliphatic heterocycles. The molecule has 1 aromatic heterocycles. The number of imidazole rings is 1. The van der Waals surface area contributed by atoms with E-state index in [4.69, 9.17) is 0 Å². The van der Waals surface area contributed by atoms with Crippen molar-refractivity contribution in [3.63, 3.8) is 0 Å². The third-order valence-electron chi connectivity index (χ3n) is 6.97. The van der Waals surface area contributed by atoms with Crippen molar-refractivity contribution >= 4 is 21.6 Å². The van der Waals surface area contributed by atoms with Crippen LogP contribution in [0.15, 0.2) is 89.7 Å². The standard InChI is InChI=1S/C30H33N5O4S/c1-2-19-40(38,39)33-25-15-9-10-16-26(25)35-28(23-13-7-4-8-14-23)27(32-30(35)37)29(36)34-18-17-31-21-24(34)20-22-11-5-3-6-12-22/h3-16,24,31,33H,2,17-21H2,1H3,(H,32,37). The van der Waals surface area contributed by atoms with E-state index in [2.05, 4.69) is 15.0 Å². The maximum Gasteiger partial charge on any atom is 0.331 e. The number of piperazine rings is 1. The number of carbonyl (C=O) groups excluding carboxylic acids is 1. The van der Waals surface area contributed by atoms with Crippen molar-refractivity contribution in [3.8, 4) is 16.9 Å². The molecule has 0 bridgehead atoms. The normalized spacial score (nSPS) is 15.6. The average Bonchev–Trinajstić information content (AvgIpc) is 3.31. The van der Waals surface area contributed by atoms with Crippen LogP contribution < -0.4 is 15.7 Å². The lowest BCUT2D eigenvalue weighted by Gasteiger charge is -2.36. The lowest BCUT2D eigenvalue weighted by molar-refractivity contribution is 0.0631. The lowest BCUT2D eigenvalue weighted by atomic mass is 10.0. The van der Waals surface area contributed by atoms with Gasteiger partial charge in [-0.1, -0.05) is 79.7 Å². The summed E-state index contributed by atoms with van der Waals surface area (Å²) in [5, 5.41) is 3.38. The number of para-hydroxylation sites is 2. The average molecular weight is 560 g/mol. The molecule has 0 saturated carbocycles. The van der Waals surface area contributed by atoms with E-state index in [1.165, 1.54) is 4.57 Å². The van der Waals surface area contributed by atoms with E-state index in [0.717, 1.165) is 5.56 Å². The molecule has 3 aromatic carbocycles. The first-order chi connectivity index (χ1) is 19.4. The number of aromatic nitrogens is 2. The summed E-state index contributed by atoms with van der Waals surface area (Å²) in [7, 11) is -3.63.